The van der Waals surface area contributed by atoms with Crippen LogP contribution in [0.2, 0.25) is 0 Å². The monoisotopic (exact) mass is 192 g/mol. The third kappa shape index (κ3) is 2.16. The zero-order valence-electron chi connectivity index (χ0n) is 9.54. The number of rotatable bonds is 3. The van der Waals surface area contributed by atoms with Crippen molar-refractivity contribution in [3.05, 3.63) is 34.9 Å². The van der Waals surface area contributed by atoms with Gasteiger partial charge in [-0.05, 0) is 29.5 Å². The third-order valence-corrected chi connectivity index (χ3v) is 2.84. The van der Waals surface area contributed by atoms with Gasteiger partial charge in [-0.2, -0.15) is 0 Å². The minimum absolute atomic E-state index is 0.225. The molecule has 1 aromatic carbocycles. The average Bonchev–Trinajstić information content (AvgIpc) is 2.16. The van der Waals surface area contributed by atoms with Gasteiger partial charge in [0.15, 0.2) is 0 Å². The van der Waals surface area contributed by atoms with Gasteiger partial charge in [0.25, 0.3) is 0 Å². The number of benzene rings is 1. The van der Waals surface area contributed by atoms with Crippen molar-refractivity contribution < 1.29 is 5.11 Å². The van der Waals surface area contributed by atoms with Gasteiger partial charge in [0.2, 0.25) is 0 Å². The van der Waals surface area contributed by atoms with E-state index >= 15 is 0 Å². The summed E-state index contributed by atoms with van der Waals surface area (Å²) in [5.41, 5.74) is 4.01. The van der Waals surface area contributed by atoms with Crippen molar-refractivity contribution in [3.8, 4) is 0 Å². The van der Waals surface area contributed by atoms with Gasteiger partial charge in [-0.15, -0.1) is 0 Å². The minimum Gasteiger partial charge on any atom is -0.396 e. The predicted molar refractivity (Wildman–Crippen MR) is 60.8 cm³/mol. The van der Waals surface area contributed by atoms with Crippen molar-refractivity contribution >= 4 is 0 Å². The zero-order chi connectivity index (χ0) is 10.7. The van der Waals surface area contributed by atoms with Crippen LogP contribution in [0.25, 0.3) is 0 Å². The smallest absolute Gasteiger partial charge is 0.0497 e. The van der Waals surface area contributed by atoms with Gasteiger partial charge >= 0.3 is 0 Å². The Balaban J connectivity index is 3.13. The molecule has 0 radical (unpaired) electrons. The molecule has 0 aliphatic heterocycles. The molecule has 0 aliphatic carbocycles. The first-order valence-electron chi connectivity index (χ1n) is 5.28. The largest absolute Gasteiger partial charge is 0.396 e. The van der Waals surface area contributed by atoms with E-state index in [9.17, 15) is 0 Å². The Bertz CT molecular complexity index is 302. The number of hydrogen-bond donors (Lipinski definition) is 1. The quantitative estimate of drug-likeness (QED) is 0.779. The molecule has 0 amide bonds. The molecule has 1 nitrogen and oxygen atoms in total. The first kappa shape index (κ1) is 11.3. The van der Waals surface area contributed by atoms with Crippen LogP contribution in [0.15, 0.2) is 18.2 Å². The van der Waals surface area contributed by atoms with Crippen LogP contribution in [0.3, 0.4) is 0 Å². The summed E-state index contributed by atoms with van der Waals surface area (Å²) in [4.78, 5) is 0. The van der Waals surface area contributed by atoms with Crippen molar-refractivity contribution in [2.75, 3.05) is 6.61 Å². The van der Waals surface area contributed by atoms with Crippen LogP contribution >= 0.6 is 0 Å². The second-order valence-electron chi connectivity index (χ2n) is 4.30. The Hall–Kier alpha value is -0.820. The lowest BCUT2D eigenvalue weighted by atomic mass is 9.89. The molecule has 1 heteroatoms. The fourth-order valence-corrected chi connectivity index (χ4v) is 1.93. The van der Waals surface area contributed by atoms with Gasteiger partial charge in [-0.25, -0.2) is 0 Å². The maximum atomic E-state index is 9.14. The SMILES string of the molecule is Cc1c(C(C)C)cccc1C(C)CO. The van der Waals surface area contributed by atoms with E-state index in [2.05, 4.69) is 45.9 Å². The molecular weight excluding hydrogens is 172 g/mol. The Kier molecular flexibility index (Phi) is 3.70. The first-order valence-corrected chi connectivity index (χ1v) is 5.28. The molecule has 0 fully saturated rings. The minimum atomic E-state index is 0.225. The molecule has 0 saturated heterocycles. The molecule has 0 aromatic heterocycles. The molecule has 1 aromatic rings. The van der Waals surface area contributed by atoms with Crippen LogP contribution in [0.5, 0.6) is 0 Å². The zero-order valence-corrected chi connectivity index (χ0v) is 9.54. The summed E-state index contributed by atoms with van der Waals surface area (Å²) in [5, 5.41) is 9.14. The molecule has 0 bridgehead atoms. The average molecular weight is 192 g/mol. The lowest BCUT2D eigenvalue weighted by Crippen LogP contribution is -2.04. The molecule has 1 rings (SSSR count). The molecule has 0 aliphatic rings. The van der Waals surface area contributed by atoms with Gasteiger partial charge < -0.3 is 5.11 Å². The topological polar surface area (TPSA) is 20.2 Å². The highest BCUT2D eigenvalue weighted by atomic mass is 16.3. The highest BCUT2D eigenvalue weighted by Crippen LogP contribution is 2.26. The van der Waals surface area contributed by atoms with Crippen LogP contribution < -0.4 is 0 Å². The van der Waals surface area contributed by atoms with E-state index < -0.39 is 0 Å². The Morgan fingerprint density at radius 1 is 1.14 bits per heavy atom. The Morgan fingerprint density at radius 2 is 1.71 bits per heavy atom. The maximum absolute atomic E-state index is 9.14. The molecule has 78 valence electrons. The summed E-state index contributed by atoms with van der Waals surface area (Å²) in [6.45, 7) is 8.84. The highest BCUT2D eigenvalue weighted by molar-refractivity contribution is 5.37. The van der Waals surface area contributed by atoms with Crippen molar-refractivity contribution in [1.82, 2.24) is 0 Å². The predicted octanol–water partition coefficient (Wildman–Crippen LogP) is 3.21. The summed E-state index contributed by atoms with van der Waals surface area (Å²) < 4.78 is 0. The molecule has 0 spiro atoms. The third-order valence-electron chi connectivity index (χ3n) is 2.84. The van der Waals surface area contributed by atoms with Crippen LogP contribution in [0.4, 0.5) is 0 Å². The summed E-state index contributed by atoms with van der Waals surface area (Å²) in [6, 6.07) is 6.37. The maximum Gasteiger partial charge on any atom is 0.0497 e. The summed E-state index contributed by atoms with van der Waals surface area (Å²) in [7, 11) is 0. The van der Waals surface area contributed by atoms with Crippen LogP contribution in [0.1, 0.15) is 49.3 Å². The van der Waals surface area contributed by atoms with E-state index in [1.54, 1.807) is 0 Å². The van der Waals surface area contributed by atoms with Crippen molar-refractivity contribution in [3.63, 3.8) is 0 Å². The molecule has 1 N–H and O–H groups in total. The van der Waals surface area contributed by atoms with E-state index in [1.165, 1.54) is 16.7 Å². The highest BCUT2D eigenvalue weighted by Gasteiger charge is 2.11. The number of hydrogen-bond acceptors (Lipinski definition) is 1. The van der Waals surface area contributed by atoms with Gasteiger partial charge in [0, 0.05) is 12.5 Å². The van der Waals surface area contributed by atoms with E-state index in [0.717, 1.165) is 0 Å². The fourth-order valence-electron chi connectivity index (χ4n) is 1.93. The molecule has 0 heterocycles. The van der Waals surface area contributed by atoms with E-state index in [0.29, 0.717) is 5.92 Å². The summed E-state index contributed by atoms with van der Waals surface area (Å²) in [6.07, 6.45) is 0. The van der Waals surface area contributed by atoms with Crippen molar-refractivity contribution in [1.29, 1.82) is 0 Å². The van der Waals surface area contributed by atoms with Crippen molar-refractivity contribution in [2.45, 2.75) is 39.5 Å². The standard InChI is InChI=1S/C13H20O/c1-9(2)12-6-5-7-13(11(12)4)10(3)8-14/h5-7,9-10,14H,8H2,1-4H3. The van der Waals surface area contributed by atoms with Gasteiger partial charge in [-0.1, -0.05) is 39.0 Å². The summed E-state index contributed by atoms with van der Waals surface area (Å²) >= 11 is 0. The van der Waals surface area contributed by atoms with E-state index in [1.807, 2.05) is 0 Å². The molecule has 14 heavy (non-hydrogen) atoms. The summed E-state index contributed by atoms with van der Waals surface area (Å²) in [5.74, 6) is 0.801. The van der Waals surface area contributed by atoms with Crippen LogP contribution in [0, 0.1) is 6.92 Å². The van der Waals surface area contributed by atoms with E-state index in [4.69, 9.17) is 5.11 Å². The lowest BCUT2D eigenvalue weighted by molar-refractivity contribution is 0.272. The molecular formula is C13H20O. The number of aliphatic hydroxyl groups is 1. The van der Waals surface area contributed by atoms with Crippen LogP contribution in [-0.4, -0.2) is 11.7 Å². The molecule has 1 atom stereocenters. The molecule has 0 saturated carbocycles. The number of aliphatic hydroxyl groups excluding tert-OH is 1. The fraction of sp³-hybridized carbons (Fsp3) is 0.538. The Morgan fingerprint density at radius 3 is 2.21 bits per heavy atom. The van der Waals surface area contributed by atoms with Crippen molar-refractivity contribution in [2.24, 2.45) is 0 Å². The van der Waals surface area contributed by atoms with Gasteiger partial charge in [0.05, 0.1) is 0 Å². The van der Waals surface area contributed by atoms with Gasteiger partial charge in [0.1, 0.15) is 0 Å². The molecule has 1 unspecified atom stereocenters. The van der Waals surface area contributed by atoms with Gasteiger partial charge in [-0.3, -0.25) is 0 Å². The Labute approximate surface area is 86.8 Å². The van der Waals surface area contributed by atoms with Crippen LogP contribution in [-0.2, 0) is 0 Å². The van der Waals surface area contributed by atoms with E-state index in [-0.39, 0.29) is 12.5 Å². The first-order chi connectivity index (χ1) is 6.57. The normalized spacial score (nSPS) is 13.3. The lowest BCUT2D eigenvalue weighted by Gasteiger charge is -2.17. The second-order valence-corrected chi connectivity index (χ2v) is 4.30. The second kappa shape index (κ2) is 4.61.